The first-order valence-corrected chi connectivity index (χ1v) is 6.56. The molecule has 0 aliphatic carbocycles. The van der Waals surface area contributed by atoms with E-state index in [1.54, 1.807) is 24.6 Å². The van der Waals surface area contributed by atoms with Crippen molar-refractivity contribution in [2.75, 3.05) is 5.32 Å². The summed E-state index contributed by atoms with van der Waals surface area (Å²) in [5.41, 5.74) is 1.33. The van der Waals surface area contributed by atoms with Crippen LogP contribution in [0.2, 0.25) is 0 Å². The van der Waals surface area contributed by atoms with Crippen molar-refractivity contribution in [3.8, 4) is 11.3 Å². The van der Waals surface area contributed by atoms with E-state index in [9.17, 15) is 4.79 Å². The maximum Gasteiger partial charge on any atom is 0.258 e. The van der Waals surface area contributed by atoms with E-state index in [-0.39, 0.29) is 5.91 Å². The second-order valence-corrected chi connectivity index (χ2v) is 4.71. The van der Waals surface area contributed by atoms with Crippen LogP contribution in [0.5, 0.6) is 0 Å². The van der Waals surface area contributed by atoms with E-state index in [2.05, 4.69) is 10.3 Å². The highest BCUT2D eigenvalue weighted by atomic mass is 32.1. The molecule has 1 N–H and O–H groups in total. The van der Waals surface area contributed by atoms with Crippen LogP contribution in [0.1, 0.15) is 10.4 Å². The third kappa shape index (κ3) is 2.41. The molecular formula is C14H10N2O2S. The van der Waals surface area contributed by atoms with E-state index in [0.29, 0.717) is 16.5 Å². The molecule has 2 aromatic heterocycles. The van der Waals surface area contributed by atoms with Crippen LogP contribution < -0.4 is 5.32 Å². The fraction of sp³-hybridized carbons (Fsp3) is 0. The number of furan rings is 1. The second-order valence-electron chi connectivity index (χ2n) is 3.81. The zero-order valence-corrected chi connectivity index (χ0v) is 10.7. The van der Waals surface area contributed by atoms with Crippen LogP contribution in [0.25, 0.3) is 11.3 Å². The van der Waals surface area contributed by atoms with Crippen LogP contribution in [0, 0.1) is 0 Å². The van der Waals surface area contributed by atoms with Gasteiger partial charge in [0.15, 0.2) is 5.13 Å². The van der Waals surface area contributed by atoms with Gasteiger partial charge in [-0.25, -0.2) is 4.98 Å². The predicted molar refractivity (Wildman–Crippen MR) is 74.2 cm³/mol. The third-order valence-corrected chi connectivity index (χ3v) is 3.30. The summed E-state index contributed by atoms with van der Waals surface area (Å²) in [4.78, 5) is 16.3. The number of anilines is 1. The van der Waals surface area contributed by atoms with Gasteiger partial charge >= 0.3 is 0 Å². The zero-order chi connectivity index (χ0) is 13.1. The standard InChI is InChI=1S/C14H10N2O2S/c17-13(16-14-15-7-9-19-14)11-5-2-1-4-10(11)12-6-3-8-18-12/h1-9H,(H,15,16,17). The molecule has 0 bridgehead atoms. The van der Waals surface area contributed by atoms with Crippen LogP contribution in [-0.4, -0.2) is 10.9 Å². The minimum atomic E-state index is -0.193. The van der Waals surface area contributed by atoms with Gasteiger partial charge in [-0.15, -0.1) is 11.3 Å². The normalized spacial score (nSPS) is 10.3. The summed E-state index contributed by atoms with van der Waals surface area (Å²) in [7, 11) is 0. The largest absolute Gasteiger partial charge is 0.464 e. The van der Waals surface area contributed by atoms with Gasteiger partial charge < -0.3 is 4.42 Å². The molecule has 3 aromatic rings. The number of hydrogen-bond acceptors (Lipinski definition) is 4. The summed E-state index contributed by atoms with van der Waals surface area (Å²) < 4.78 is 5.35. The number of aromatic nitrogens is 1. The lowest BCUT2D eigenvalue weighted by molar-refractivity contribution is 0.102. The Labute approximate surface area is 113 Å². The molecule has 0 spiro atoms. The Balaban J connectivity index is 1.94. The van der Waals surface area contributed by atoms with Gasteiger partial charge in [-0.05, 0) is 18.2 Å². The van der Waals surface area contributed by atoms with Gasteiger partial charge in [0.1, 0.15) is 5.76 Å². The lowest BCUT2D eigenvalue weighted by atomic mass is 10.0. The number of carbonyl (C=O) groups excluding carboxylic acids is 1. The number of amides is 1. The van der Waals surface area contributed by atoms with Crippen LogP contribution >= 0.6 is 11.3 Å². The highest BCUT2D eigenvalue weighted by Gasteiger charge is 2.14. The Morgan fingerprint density at radius 2 is 2.11 bits per heavy atom. The van der Waals surface area contributed by atoms with Crippen LogP contribution in [-0.2, 0) is 0 Å². The Bertz CT molecular complexity index is 675. The number of hydrogen-bond donors (Lipinski definition) is 1. The lowest BCUT2D eigenvalue weighted by Crippen LogP contribution is -2.12. The van der Waals surface area contributed by atoms with Gasteiger partial charge in [0.25, 0.3) is 5.91 Å². The summed E-state index contributed by atoms with van der Waals surface area (Å²) in [5, 5.41) is 5.16. The summed E-state index contributed by atoms with van der Waals surface area (Å²) in [5.74, 6) is 0.479. The summed E-state index contributed by atoms with van der Waals surface area (Å²) in [6.45, 7) is 0. The first-order valence-electron chi connectivity index (χ1n) is 5.68. The van der Waals surface area contributed by atoms with Crippen molar-refractivity contribution in [1.29, 1.82) is 0 Å². The van der Waals surface area contributed by atoms with Gasteiger partial charge in [0, 0.05) is 17.1 Å². The smallest absolute Gasteiger partial charge is 0.258 e. The molecule has 1 amide bonds. The van der Waals surface area contributed by atoms with Crippen molar-refractivity contribution in [2.24, 2.45) is 0 Å². The van der Waals surface area contributed by atoms with E-state index in [1.807, 2.05) is 29.6 Å². The lowest BCUT2D eigenvalue weighted by Gasteiger charge is -2.06. The van der Waals surface area contributed by atoms with Crippen molar-refractivity contribution in [3.63, 3.8) is 0 Å². The second kappa shape index (κ2) is 5.07. The third-order valence-electron chi connectivity index (χ3n) is 2.61. The maximum atomic E-state index is 12.2. The highest BCUT2D eigenvalue weighted by molar-refractivity contribution is 7.13. The van der Waals surface area contributed by atoms with Crippen molar-refractivity contribution < 1.29 is 9.21 Å². The Morgan fingerprint density at radius 3 is 2.84 bits per heavy atom. The monoisotopic (exact) mass is 270 g/mol. The van der Waals surface area contributed by atoms with Crippen molar-refractivity contribution in [2.45, 2.75) is 0 Å². The van der Waals surface area contributed by atoms with Crippen LogP contribution in [0.15, 0.2) is 58.7 Å². The zero-order valence-electron chi connectivity index (χ0n) is 9.87. The molecule has 0 unspecified atom stereocenters. The van der Waals surface area contributed by atoms with E-state index >= 15 is 0 Å². The molecule has 0 saturated heterocycles. The molecule has 3 rings (SSSR count). The Morgan fingerprint density at radius 1 is 1.21 bits per heavy atom. The van der Waals surface area contributed by atoms with Crippen molar-refractivity contribution in [3.05, 3.63) is 59.8 Å². The average molecular weight is 270 g/mol. The molecule has 0 aliphatic rings. The van der Waals surface area contributed by atoms with E-state index < -0.39 is 0 Å². The van der Waals surface area contributed by atoms with E-state index in [4.69, 9.17) is 4.42 Å². The highest BCUT2D eigenvalue weighted by Crippen LogP contribution is 2.25. The maximum absolute atomic E-state index is 12.2. The average Bonchev–Trinajstić information content (AvgIpc) is 3.11. The molecule has 0 radical (unpaired) electrons. The van der Waals surface area contributed by atoms with Crippen LogP contribution in [0.4, 0.5) is 5.13 Å². The number of benzene rings is 1. The summed E-state index contributed by atoms with van der Waals surface area (Å²) >= 11 is 1.38. The number of nitrogens with zero attached hydrogens (tertiary/aromatic N) is 1. The van der Waals surface area contributed by atoms with Gasteiger partial charge in [-0.3, -0.25) is 10.1 Å². The molecule has 0 saturated carbocycles. The predicted octanol–water partition coefficient (Wildman–Crippen LogP) is 3.66. The Hall–Kier alpha value is -2.40. The minimum absolute atomic E-state index is 0.193. The summed E-state index contributed by atoms with van der Waals surface area (Å²) in [6.07, 6.45) is 3.24. The van der Waals surface area contributed by atoms with E-state index in [0.717, 1.165) is 5.56 Å². The summed E-state index contributed by atoms with van der Waals surface area (Å²) in [6, 6.07) is 10.9. The molecule has 94 valence electrons. The quantitative estimate of drug-likeness (QED) is 0.790. The molecule has 4 nitrogen and oxygen atoms in total. The molecule has 2 heterocycles. The van der Waals surface area contributed by atoms with Gasteiger partial charge in [-0.2, -0.15) is 0 Å². The fourth-order valence-electron chi connectivity index (χ4n) is 1.78. The van der Waals surface area contributed by atoms with Gasteiger partial charge in [0.05, 0.1) is 11.8 Å². The molecule has 0 fully saturated rings. The molecule has 0 atom stereocenters. The number of thiazole rings is 1. The molecule has 1 aromatic carbocycles. The first-order chi connectivity index (χ1) is 9.34. The van der Waals surface area contributed by atoms with Crippen molar-refractivity contribution >= 4 is 22.4 Å². The SMILES string of the molecule is O=C(Nc1nccs1)c1ccccc1-c1ccco1. The first kappa shape index (κ1) is 11.7. The topological polar surface area (TPSA) is 55.1 Å². The Kier molecular flexibility index (Phi) is 3.12. The molecule has 0 aliphatic heterocycles. The number of carbonyl (C=O) groups is 1. The van der Waals surface area contributed by atoms with Gasteiger partial charge in [0.2, 0.25) is 0 Å². The van der Waals surface area contributed by atoms with Gasteiger partial charge in [-0.1, -0.05) is 18.2 Å². The molecule has 5 heteroatoms. The molecule has 19 heavy (non-hydrogen) atoms. The van der Waals surface area contributed by atoms with E-state index in [1.165, 1.54) is 11.3 Å². The number of nitrogens with one attached hydrogen (secondary N) is 1. The van der Waals surface area contributed by atoms with Crippen molar-refractivity contribution in [1.82, 2.24) is 4.98 Å². The minimum Gasteiger partial charge on any atom is -0.464 e. The number of rotatable bonds is 3. The molecular weight excluding hydrogens is 260 g/mol. The fourth-order valence-corrected chi connectivity index (χ4v) is 2.30. The van der Waals surface area contributed by atoms with Crippen LogP contribution in [0.3, 0.4) is 0 Å².